The Labute approximate surface area is 77.8 Å². The normalized spacial score (nSPS) is 20.4. The van der Waals surface area contributed by atoms with Gasteiger partial charge in [0, 0.05) is 12.5 Å². The van der Waals surface area contributed by atoms with Gasteiger partial charge in [-0.1, -0.05) is 19.8 Å². The molecular weight excluding hydrogens is 168 g/mol. The zero-order valence-corrected chi connectivity index (χ0v) is 7.79. The van der Waals surface area contributed by atoms with E-state index in [0.717, 1.165) is 19.3 Å². The second-order valence-electron chi connectivity index (χ2n) is 3.14. The standard InChI is InChI=1S/C10H14O3/c1-2-3-4-5-8(11)9-6-7-10(12)13-9/h6-7,9H,2-5H2,1H3. The van der Waals surface area contributed by atoms with Gasteiger partial charge in [-0.15, -0.1) is 0 Å². The number of ether oxygens (including phenoxy) is 1. The second kappa shape index (κ2) is 4.80. The molecule has 0 N–H and O–H groups in total. The average Bonchev–Trinajstić information content (AvgIpc) is 2.52. The third-order valence-corrected chi connectivity index (χ3v) is 1.99. The van der Waals surface area contributed by atoms with Crippen molar-refractivity contribution in [1.82, 2.24) is 0 Å². The predicted octanol–water partition coefficient (Wildman–Crippen LogP) is 1.62. The number of hydrogen-bond donors (Lipinski definition) is 0. The van der Waals surface area contributed by atoms with Crippen LogP contribution in [0.25, 0.3) is 0 Å². The van der Waals surface area contributed by atoms with Crippen LogP contribution in [0.4, 0.5) is 0 Å². The van der Waals surface area contributed by atoms with Gasteiger partial charge >= 0.3 is 5.97 Å². The van der Waals surface area contributed by atoms with E-state index in [2.05, 4.69) is 6.92 Å². The first-order chi connectivity index (χ1) is 6.24. The molecule has 1 aliphatic heterocycles. The van der Waals surface area contributed by atoms with Gasteiger partial charge in [-0.25, -0.2) is 4.79 Å². The average molecular weight is 182 g/mol. The van der Waals surface area contributed by atoms with E-state index in [4.69, 9.17) is 4.74 Å². The van der Waals surface area contributed by atoms with Crippen molar-refractivity contribution in [2.24, 2.45) is 0 Å². The van der Waals surface area contributed by atoms with Crippen LogP contribution in [0.5, 0.6) is 0 Å². The van der Waals surface area contributed by atoms with Crippen LogP contribution < -0.4 is 0 Å². The first-order valence-electron chi connectivity index (χ1n) is 4.65. The molecule has 0 aromatic heterocycles. The summed E-state index contributed by atoms with van der Waals surface area (Å²) in [7, 11) is 0. The van der Waals surface area contributed by atoms with Crippen molar-refractivity contribution in [1.29, 1.82) is 0 Å². The number of esters is 1. The van der Waals surface area contributed by atoms with Gasteiger partial charge in [0.2, 0.25) is 0 Å². The lowest BCUT2D eigenvalue weighted by atomic mass is 10.1. The number of hydrogen-bond acceptors (Lipinski definition) is 3. The molecule has 1 aliphatic rings. The van der Waals surface area contributed by atoms with Crippen molar-refractivity contribution in [3.63, 3.8) is 0 Å². The quantitative estimate of drug-likeness (QED) is 0.479. The zero-order valence-electron chi connectivity index (χ0n) is 7.79. The molecule has 1 heterocycles. The van der Waals surface area contributed by atoms with Gasteiger partial charge in [-0.3, -0.25) is 4.79 Å². The SMILES string of the molecule is CCCCCC(=O)C1C=CC(=O)O1. The molecule has 1 rings (SSSR count). The molecule has 3 heteroatoms. The number of ketones is 1. The molecule has 0 radical (unpaired) electrons. The first-order valence-corrected chi connectivity index (χ1v) is 4.65. The summed E-state index contributed by atoms with van der Waals surface area (Å²) in [6.45, 7) is 2.08. The maximum Gasteiger partial charge on any atom is 0.331 e. The van der Waals surface area contributed by atoms with Crippen LogP contribution >= 0.6 is 0 Å². The molecule has 0 aliphatic carbocycles. The van der Waals surface area contributed by atoms with Crippen molar-refractivity contribution in [2.75, 3.05) is 0 Å². The molecule has 0 spiro atoms. The van der Waals surface area contributed by atoms with Crippen LogP contribution in [0.3, 0.4) is 0 Å². The summed E-state index contributed by atoms with van der Waals surface area (Å²) in [6, 6.07) is 0. The van der Waals surface area contributed by atoms with Gasteiger partial charge in [0.25, 0.3) is 0 Å². The maximum absolute atomic E-state index is 11.3. The van der Waals surface area contributed by atoms with Crippen LogP contribution in [0.2, 0.25) is 0 Å². The highest BCUT2D eigenvalue weighted by molar-refractivity contribution is 5.94. The van der Waals surface area contributed by atoms with Crippen LogP contribution in [-0.2, 0) is 14.3 Å². The second-order valence-corrected chi connectivity index (χ2v) is 3.14. The number of carbonyl (C=O) groups is 2. The largest absolute Gasteiger partial charge is 0.447 e. The lowest BCUT2D eigenvalue weighted by molar-refractivity contribution is -0.145. The maximum atomic E-state index is 11.3. The van der Waals surface area contributed by atoms with Gasteiger partial charge in [0.1, 0.15) is 0 Å². The lowest BCUT2D eigenvalue weighted by Gasteiger charge is -2.06. The molecule has 0 amide bonds. The molecule has 0 aromatic rings. The molecule has 0 bridgehead atoms. The minimum Gasteiger partial charge on any atom is -0.447 e. The Hall–Kier alpha value is -1.12. The molecular formula is C10H14O3. The molecule has 13 heavy (non-hydrogen) atoms. The Bertz CT molecular complexity index is 230. The number of rotatable bonds is 5. The summed E-state index contributed by atoms with van der Waals surface area (Å²) >= 11 is 0. The molecule has 72 valence electrons. The van der Waals surface area contributed by atoms with E-state index < -0.39 is 12.1 Å². The Kier molecular flexibility index (Phi) is 3.68. The van der Waals surface area contributed by atoms with Crippen molar-refractivity contribution < 1.29 is 14.3 Å². The minimum absolute atomic E-state index is 0.00977. The summed E-state index contributed by atoms with van der Waals surface area (Å²) in [5.74, 6) is -0.399. The van der Waals surface area contributed by atoms with E-state index in [0.29, 0.717) is 6.42 Å². The van der Waals surface area contributed by atoms with E-state index in [1.54, 1.807) is 0 Å². The highest BCUT2D eigenvalue weighted by Crippen LogP contribution is 2.10. The van der Waals surface area contributed by atoms with E-state index >= 15 is 0 Å². The van der Waals surface area contributed by atoms with Crippen molar-refractivity contribution in [2.45, 2.75) is 38.7 Å². The van der Waals surface area contributed by atoms with Crippen molar-refractivity contribution >= 4 is 11.8 Å². The van der Waals surface area contributed by atoms with Crippen molar-refractivity contribution in [3.05, 3.63) is 12.2 Å². The minimum atomic E-state index is -0.607. The fourth-order valence-corrected chi connectivity index (χ4v) is 1.23. The van der Waals surface area contributed by atoms with E-state index in [-0.39, 0.29) is 5.78 Å². The van der Waals surface area contributed by atoms with E-state index in [1.807, 2.05) is 0 Å². The highest BCUT2D eigenvalue weighted by Gasteiger charge is 2.23. The van der Waals surface area contributed by atoms with Gasteiger partial charge in [0.05, 0.1) is 0 Å². The van der Waals surface area contributed by atoms with Gasteiger partial charge in [-0.05, 0) is 12.5 Å². The predicted molar refractivity (Wildman–Crippen MR) is 48.2 cm³/mol. The Morgan fingerprint density at radius 2 is 2.31 bits per heavy atom. The summed E-state index contributed by atoms with van der Waals surface area (Å²) in [4.78, 5) is 22.0. The fraction of sp³-hybridized carbons (Fsp3) is 0.600. The van der Waals surface area contributed by atoms with Gasteiger partial charge in [0.15, 0.2) is 11.9 Å². The fourth-order valence-electron chi connectivity index (χ4n) is 1.23. The monoisotopic (exact) mass is 182 g/mol. The van der Waals surface area contributed by atoms with Crippen LogP contribution in [0, 0.1) is 0 Å². The summed E-state index contributed by atoms with van der Waals surface area (Å²) in [5.41, 5.74) is 0. The number of Topliss-reactive ketones (excluding diaryl/α,β-unsaturated/α-hetero) is 1. The number of carbonyl (C=O) groups excluding carboxylic acids is 2. The Morgan fingerprint density at radius 3 is 2.85 bits per heavy atom. The third-order valence-electron chi connectivity index (χ3n) is 1.99. The zero-order chi connectivity index (χ0) is 9.68. The summed E-state index contributed by atoms with van der Waals surface area (Å²) in [6.07, 6.45) is 5.76. The van der Waals surface area contributed by atoms with Gasteiger partial charge < -0.3 is 4.74 Å². The molecule has 0 fully saturated rings. The topological polar surface area (TPSA) is 43.4 Å². The molecule has 1 atom stereocenters. The lowest BCUT2D eigenvalue weighted by Crippen LogP contribution is -2.19. The highest BCUT2D eigenvalue weighted by atomic mass is 16.5. The number of cyclic esters (lactones) is 1. The smallest absolute Gasteiger partial charge is 0.331 e. The first kappa shape index (κ1) is 9.96. The third kappa shape index (κ3) is 3.01. The molecule has 0 saturated heterocycles. The molecule has 3 nitrogen and oxygen atoms in total. The van der Waals surface area contributed by atoms with Crippen LogP contribution in [-0.4, -0.2) is 17.9 Å². The number of unbranched alkanes of at least 4 members (excludes halogenated alkanes) is 2. The molecule has 0 aromatic carbocycles. The Balaban J connectivity index is 2.24. The van der Waals surface area contributed by atoms with Crippen LogP contribution in [0.15, 0.2) is 12.2 Å². The molecule has 1 unspecified atom stereocenters. The summed E-state index contributed by atoms with van der Waals surface area (Å²) < 4.78 is 4.75. The molecule has 0 saturated carbocycles. The van der Waals surface area contributed by atoms with Gasteiger partial charge in [-0.2, -0.15) is 0 Å². The summed E-state index contributed by atoms with van der Waals surface area (Å²) in [5, 5.41) is 0. The van der Waals surface area contributed by atoms with E-state index in [9.17, 15) is 9.59 Å². The van der Waals surface area contributed by atoms with Crippen LogP contribution in [0.1, 0.15) is 32.6 Å². The Morgan fingerprint density at radius 1 is 1.54 bits per heavy atom. The van der Waals surface area contributed by atoms with Crippen molar-refractivity contribution in [3.8, 4) is 0 Å². The van der Waals surface area contributed by atoms with E-state index in [1.165, 1.54) is 12.2 Å².